The molecule has 0 amide bonds. The van der Waals surface area contributed by atoms with Crippen LogP contribution in [-0.4, -0.2) is 41.6 Å². The number of fused-ring (bicyclic) bond motifs is 3. The lowest BCUT2D eigenvalue weighted by atomic mass is 9.98. The van der Waals surface area contributed by atoms with Crippen molar-refractivity contribution in [1.29, 1.82) is 0 Å². The third-order valence-corrected chi connectivity index (χ3v) is 4.90. The lowest BCUT2D eigenvalue weighted by molar-refractivity contribution is 0.161. The molecule has 0 unspecified atom stereocenters. The number of hydrogen-bond donors (Lipinski definition) is 1. The summed E-state index contributed by atoms with van der Waals surface area (Å²) >= 11 is 0. The summed E-state index contributed by atoms with van der Waals surface area (Å²) in [5.74, 6) is 1.60. The Morgan fingerprint density at radius 1 is 1.26 bits per heavy atom. The van der Waals surface area contributed by atoms with Crippen LogP contribution >= 0.6 is 0 Å². The van der Waals surface area contributed by atoms with Gasteiger partial charge in [0.2, 0.25) is 0 Å². The first-order chi connectivity index (χ1) is 11.2. The summed E-state index contributed by atoms with van der Waals surface area (Å²) in [6.45, 7) is 5.22. The Balaban J connectivity index is 1.61. The number of aromatic nitrogens is 2. The summed E-state index contributed by atoms with van der Waals surface area (Å²) in [5.41, 5.74) is 3.17. The Hall–Kier alpha value is -2.07. The molecule has 0 spiro atoms. The molecule has 4 rings (SSSR count). The number of ether oxygens (including phenoxy) is 1. The maximum absolute atomic E-state index is 6.18. The molecule has 0 atom stereocenters. The molecule has 3 aromatic rings. The van der Waals surface area contributed by atoms with Gasteiger partial charge in [-0.2, -0.15) is 0 Å². The number of H-pyrrole nitrogens is 1. The number of nitrogens with zero attached hydrogens (tertiary/aromatic N) is 2. The minimum atomic E-state index is 0.659. The van der Waals surface area contributed by atoms with Crippen molar-refractivity contribution in [3.05, 3.63) is 36.0 Å². The predicted molar refractivity (Wildman–Crippen MR) is 94.1 cm³/mol. The van der Waals surface area contributed by atoms with Gasteiger partial charge in [-0.3, -0.25) is 0 Å². The van der Waals surface area contributed by atoms with E-state index in [1.807, 2.05) is 6.20 Å². The van der Waals surface area contributed by atoms with Gasteiger partial charge < -0.3 is 14.6 Å². The van der Waals surface area contributed by atoms with Crippen LogP contribution in [0.15, 0.2) is 30.5 Å². The van der Waals surface area contributed by atoms with Crippen LogP contribution in [0.3, 0.4) is 0 Å². The largest absolute Gasteiger partial charge is 0.491 e. The van der Waals surface area contributed by atoms with Gasteiger partial charge in [-0.25, -0.2) is 4.98 Å². The normalized spacial score (nSPS) is 17.1. The van der Waals surface area contributed by atoms with E-state index in [0.717, 1.165) is 23.5 Å². The minimum absolute atomic E-state index is 0.659. The Morgan fingerprint density at radius 3 is 2.91 bits per heavy atom. The van der Waals surface area contributed by atoms with E-state index in [0.29, 0.717) is 5.92 Å². The molecule has 0 aliphatic carbocycles. The van der Waals surface area contributed by atoms with Gasteiger partial charge in [-0.15, -0.1) is 0 Å². The quantitative estimate of drug-likeness (QED) is 0.801. The van der Waals surface area contributed by atoms with Gasteiger partial charge in [-0.05, 0) is 63.5 Å². The molecule has 1 aliphatic heterocycles. The minimum Gasteiger partial charge on any atom is -0.491 e. The van der Waals surface area contributed by atoms with Gasteiger partial charge in [0.1, 0.15) is 11.4 Å². The molecule has 1 aromatic carbocycles. The summed E-state index contributed by atoms with van der Waals surface area (Å²) in [6, 6.07) is 8.45. The van der Waals surface area contributed by atoms with Gasteiger partial charge in [0, 0.05) is 17.0 Å². The van der Waals surface area contributed by atoms with Crippen LogP contribution in [0.5, 0.6) is 5.75 Å². The van der Waals surface area contributed by atoms with E-state index < -0.39 is 0 Å². The number of aromatic amines is 1. The maximum Gasteiger partial charge on any atom is 0.143 e. The summed E-state index contributed by atoms with van der Waals surface area (Å²) in [4.78, 5) is 10.3. The van der Waals surface area contributed by atoms with Gasteiger partial charge >= 0.3 is 0 Å². The van der Waals surface area contributed by atoms with Crippen LogP contribution in [0.2, 0.25) is 0 Å². The van der Waals surface area contributed by atoms with Crippen LogP contribution in [0.4, 0.5) is 0 Å². The van der Waals surface area contributed by atoms with Crippen molar-refractivity contribution >= 4 is 21.9 Å². The molecular formula is C19H23N3O. The number of hydrogen-bond acceptors (Lipinski definition) is 3. The van der Waals surface area contributed by atoms with Crippen molar-refractivity contribution in [3.63, 3.8) is 0 Å². The number of likely N-dealkylation sites (tertiary alicyclic amines) is 1. The van der Waals surface area contributed by atoms with Crippen LogP contribution in [-0.2, 0) is 0 Å². The fourth-order valence-electron chi connectivity index (χ4n) is 3.43. The SMILES string of the molecule is Cc1cnc2[nH]c3c(OCC4CCN(C)CC4)cccc3c2c1. The molecule has 0 saturated carbocycles. The van der Waals surface area contributed by atoms with Gasteiger partial charge in [0.05, 0.1) is 12.1 Å². The summed E-state index contributed by atoms with van der Waals surface area (Å²) in [5, 5.41) is 2.36. The highest BCUT2D eigenvalue weighted by atomic mass is 16.5. The molecule has 4 heteroatoms. The van der Waals surface area contributed by atoms with Crippen molar-refractivity contribution in [1.82, 2.24) is 14.9 Å². The first-order valence-electron chi connectivity index (χ1n) is 8.39. The van der Waals surface area contributed by atoms with Crippen molar-refractivity contribution in [2.45, 2.75) is 19.8 Å². The Labute approximate surface area is 136 Å². The Kier molecular flexibility index (Phi) is 3.69. The predicted octanol–water partition coefficient (Wildman–Crippen LogP) is 3.75. The average molecular weight is 309 g/mol. The van der Waals surface area contributed by atoms with Gasteiger partial charge in [0.25, 0.3) is 0 Å². The smallest absolute Gasteiger partial charge is 0.143 e. The van der Waals surface area contributed by atoms with E-state index in [1.54, 1.807) is 0 Å². The second kappa shape index (κ2) is 5.85. The molecule has 120 valence electrons. The zero-order chi connectivity index (χ0) is 15.8. The molecule has 0 bridgehead atoms. The zero-order valence-electron chi connectivity index (χ0n) is 13.8. The number of piperidine rings is 1. The van der Waals surface area contributed by atoms with Crippen molar-refractivity contribution in [2.24, 2.45) is 5.92 Å². The van der Waals surface area contributed by atoms with Crippen LogP contribution in [0, 0.1) is 12.8 Å². The van der Waals surface area contributed by atoms with E-state index in [9.17, 15) is 0 Å². The maximum atomic E-state index is 6.18. The van der Waals surface area contributed by atoms with Crippen molar-refractivity contribution < 1.29 is 4.74 Å². The number of para-hydroxylation sites is 1. The van der Waals surface area contributed by atoms with E-state index in [1.165, 1.54) is 42.3 Å². The van der Waals surface area contributed by atoms with Crippen LogP contribution < -0.4 is 4.74 Å². The highest BCUT2D eigenvalue weighted by molar-refractivity contribution is 6.08. The van der Waals surface area contributed by atoms with E-state index >= 15 is 0 Å². The monoisotopic (exact) mass is 309 g/mol. The fourth-order valence-corrected chi connectivity index (χ4v) is 3.43. The second-order valence-corrected chi connectivity index (χ2v) is 6.77. The van der Waals surface area contributed by atoms with Crippen LogP contribution in [0.1, 0.15) is 18.4 Å². The first kappa shape index (κ1) is 14.5. The molecule has 23 heavy (non-hydrogen) atoms. The number of rotatable bonds is 3. The Bertz CT molecular complexity index is 831. The molecule has 1 saturated heterocycles. The number of pyridine rings is 1. The third kappa shape index (κ3) is 2.79. The van der Waals surface area contributed by atoms with E-state index in [4.69, 9.17) is 4.74 Å². The van der Waals surface area contributed by atoms with E-state index in [-0.39, 0.29) is 0 Å². The standard InChI is InChI=1S/C19H23N3O/c1-13-10-16-15-4-3-5-17(18(15)21-19(16)20-11-13)23-12-14-6-8-22(2)9-7-14/h3-5,10-11,14H,6-9,12H2,1-2H3,(H,20,21). The summed E-state index contributed by atoms with van der Waals surface area (Å²) in [7, 11) is 2.19. The second-order valence-electron chi connectivity index (χ2n) is 6.77. The van der Waals surface area contributed by atoms with Gasteiger partial charge in [0.15, 0.2) is 0 Å². The van der Waals surface area contributed by atoms with Crippen LogP contribution in [0.25, 0.3) is 21.9 Å². The zero-order valence-corrected chi connectivity index (χ0v) is 13.8. The molecule has 1 N–H and O–H groups in total. The molecule has 1 fully saturated rings. The first-order valence-corrected chi connectivity index (χ1v) is 8.39. The molecular weight excluding hydrogens is 286 g/mol. The summed E-state index contributed by atoms with van der Waals surface area (Å²) < 4.78 is 6.18. The third-order valence-electron chi connectivity index (χ3n) is 4.90. The lowest BCUT2D eigenvalue weighted by Crippen LogP contribution is -2.32. The number of aryl methyl sites for hydroxylation is 1. The highest BCUT2D eigenvalue weighted by Gasteiger charge is 2.18. The Morgan fingerprint density at radius 2 is 2.09 bits per heavy atom. The molecule has 4 nitrogen and oxygen atoms in total. The van der Waals surface area contributed by atoms with Gasteiger partial charge in [-0.1, -0.05) is 12.1 Å². The molecule has 3 heterocycles. The number of benzene rings is 1. The average Bonchev–Trinajstić information content (AvgIpc) is 2.93. The number of nitrogens with one attached hydrogen (secondary N) is 1. The van der Waals surface area contributed by atoms with Crippen molar-refractivity contribution in [3.8, 4) is 5.75 Å². The summed E-state index contributed by atoms with van der Waals surface area (Å²) in [6.07, 6.45) is 4.34. The topological polar surface area (TPSA) is 41.1 Å². The highest BCUT2D eigenvalue weighted by Crippen LogP contribution is 2.31. The molecule has 2 aromatic heterocycles. The van der Waals surface area contributed by atoms with Crippen molar-refractivity contribution in [2.75, 3.05) is 26.7 Å². The van der Waals surface area contributed by atoms with E-state index in [2.05, 4.69) is 53.1 Å². The molecule has 0 radical (unpaired) electrons. The fraction of sp³-hybridized carbons (Fsp3) is 0.421. The molecule has 1 aliphatic rings. The lowest BCUT2D eigenvalue weighted by Gasteiger charge is -2.28.